The summed E-state index contributed by atoms with van der Waals surface area (Å²) < 4.78 is 0. The average Bonchev–Trinajstić information content (AvgIpc) is 2.50. The van der Waals surface area contributed by atoms with Gasteiger partial charge in [-0.25, -0.2) is 9.78 Å². The number of rotatable bonds is 2. The molecule has 0 amide bonds. The molecular formula is C17H15N3O3. The minimum Gasteiger partial charge on any atom is -0.506 e. The minimum atomic E-state index is -1.21. The number of phenols is 1. The third kappa shape index (κ3) is 2.55. The summed E-state index contributed by atoms with van der Waals surface area (Å²) in [6.07, 6.45) is 1.55. The molecule has 0 saturated carbocycles. The number of aryl methyl sites for hydroxylation is 2. The van der Waals surface area contributed by atoms with Crippen molar-refractivity contribution < 1.29 is 15.0 Å². The van der Waals surface area contributed by atoms with E-state index in [1.54, 1.807) is 6.20 Å². The Bertz CT molecular complexity index is 951. The molecule has 4 N–H and O–H groups in total. The van der Waals surface area contributed by atoms with E-state index in [-0.39, 0.29) is 17.0 Å². The third-order valence-electron chi connectivity index (χ3n) is 3.84. The van der Waals surface area contributed by atoms with E-state index in [4.69, 9.17) is 5.73 Å². The van der Waals surface area contributed by atoms with Crippen molar-refractivity contribution in [1.82, 2.24) is 9.97 Å². The molecule has 0 atom stereocenters. The van der Waals surface area contributed by atoms with Gasteiger partial charge in [0.2, 0.25) is 0 Å². The van der Waals surface area contributed by atoms with Gasteiger partial charge in [0.25, 0.3) is 0 Å². The molecule has 1 heterocycles. The number of carboxylic acid groups (broad SMARTS) is 1. The first-order chi connectivity index (χ1) is 10.9. The summed E-state index contributed by atoms with van der Waals surface area (Å²) >= 11 is 0. The number of nitrogens with zero attached hydrogens (tertiary/aromatic N) is 2. The highest BCUT2D eigenvalue weighted by molar-refractivity contribution is 5.97. The summed E-state index contributed by atoms with van der Waals surface area (Å²) in [5.41, 5.74) is 9.86. The molecule has 0 aliphatic rings. The summed E-state index contributed by atoms with van der Waals surface area (Å²) in [6.45, 7) is 3.99. The van der Waals surface area contributed by atoms with Gasteiger partial charge in [-0.15, -0.1) is 0 Å². The van der Waals surface area contributed by atoms with Gasteiger partial charge in [0.15, 0.2) is 0 Å². The van der Waals surface area contributed by atoms with E-state index in [0.717, 1.165) is 16.6 Å². The fraction of sp³-hybridized carbons (Fsp3) is 0.118. The van der Waals surface area contributed by atoms with E-state index >= 15 is 0 Å². The van der Waals surface area contributed by atoms with Crippen molar-refractivity contribution in [2.24, 2.45) is 0 Å². The predicted octanol–water partition coefficient (Wildman–Crippen LogP) is 2.90. The van der Waals surface area contributed by atoms with Gasteiger partial charge in [-0.3, -0.25) is 4.98 Å². The molecule has 116 valence electrons. The zero-order chi connectivity index (χ0) is 16.7. The molecule has 0 unspecified atom stereocenters. The van der Waals surface area contributed by atoms with Crippen LogP contribution in [0.1, 0.15) is 21.5 Å². The van der Waals surface area contributed by atoms with Crippen molar-refractivity contribution in [2.75, 3.05) is 5.73 Å². The van der Waals surface area contributed by atoms with Gasteiger partial charge in [0.1, 0.15) is 5.75 Å². The number of hydrogen-bond acceptors (Lipinski definition) is 5. The van der Waals surface area contributed by atoms with Gasteiger partial charge < -0.3 is 15.9 Å². The van der Waals surface area contributed by atoms with Crippen LogP contribution in [0.25, 0.3) is 22.3 Å². The normalized spacial score (nSPS) is 10.9. The highest BCUT2D eigenvalue weighted by Gasteiger charge is 2.15. The number of anilines is 1. The molecule has 3 rings (SSSR count). The lowest BCUT2D eigenvalue weighted by Gasteiger charge is -2.09. The van der Waals surface area contributed by atoms with Gasteiger partial charge in [0, 0.05) is 5.56 Å². The summed E-state index contributed by atoms with van der Waals surface area (Å²) in [5.74, 6) is -1.50. The summed E-state index contributed by atoms with van der Waals surface area (Å²) in [6, 6.07) is 6.65. The van der Waals surface area contributed by atoms with E-state index in [0.29, 0.717) is 16.8 Å². The first-order valence-corrected chi connectivity index (χ1v) is 6.97. The second-order valence-electron chi connectivity index (χ2n) is 5.44. The largest absolute Gasteiger partial charge is 0.506 e. The van der Waals surface area contributed by atoms with E-state index in [2.05, 4.69) is 9.97 Å². The number of aromatic carboxylic acids is 1. The van der Waals surface area contributed by atoms with Crippen LogP contribution in [0.3, 0.4) is 0 Å². The van der Waals surface area contributed by atoms with Crippen molar-refractivity contribution in [3.05, 3.63) is 47.2 Å². The number of phenolic OH excluding ortho intramolecular Hbond substituents is 1. The lowest BCUT2D eigenvalue weighted by Crippen LogP contribution is -2.03. The molecule has 1 aromatic heterocycles. The number of aromatic hydroxyl groups is 1. The molecule has 0 fully saturated rings. The summed E-state index contributed by atoms with van der Waals surface area (Å²) in [5, 5.41) is 19.0. The van der Waals surface area contributed by atoms with Gasteiger partial charge in [-0.2, -0.15) is 0 Å². The monoisotopic (exact) mass is 309 g/mol. The topological polar surface area (TPSA) is 109 Å². The third-order valence-corrected chi connectivity index (χ3v) is 3.84. The molecule has 2 aromatic carbocycles. The van der Waals surface area contributed by atoms with Crippen LogP contribution in [-0.4, -0.2) is 26.2 Å². The Morgan fingerprint density at radius 1 is 1.09 bits per heavy atom. The maximum atomic E-state index is 11.2. The zero-order valence-corrected chi connectivity index (χ0v) is 12.7. The van der Waals surface area contributed by atoms with E-state index in [1.165, 1.54) is 12.1 Å². The van der Waals surface area contributed by atoms with Gasteiger partial charge >= 0.3 is 5.97 Å². The Morgan fingerprint density at radius 2 is 1.74 bits per heavy atom. The molecule has 0 spiro atoms. The van der Waals surface area contributed by atoms with Crippen LogP contribution in [0.2, 0.25) is 0 Å². The Labute approximate surface area is 132 Å². The fourth-order valence-electron chi connectivity index (χ4n) is 2.37. The predicted molar refractivity (Wildman–Crippen MR) is 87.5 cm³/mol. The van der Waals surface area contributed by atoms with Gasteiger partial charge in [0.05, 0.1) is 34.2 Å². The highest BCUT2D eigenvalue weighted by atomic mass is 16.4. The number of aromatic nitrogens is 2. The van der Waals surface area contributed by atoms with Crippen LogP contribution in [0.5, 0.6) is 5.75 Å². The minimum absolute atomic E-state index is 0.165. The number of carbonyl (C=O) groups is 1. The quantitative estimate of drug-likeness (QED) is 0.496. The average molecular weight is 309 g/mol. The van der Waals surface area contributed by atoms with E-state index in [1.807, 2.05) is 26.0 Å². The van der Waals surface area contributed by atoms with Crippen LogP contribution in [0.4, 0.5) is 5.69 Å². The lowest BCUT2D eigenvalue weighted by atomic mass is 10.0. The Morgan fingerprint density at radius 3 is 2.39 bits per heavy atom. The summed E-state index contributed by atoms with van der Waals surface area (Å²) in [7, 11) is 0. The van der Waals surface area contributed by atoms with Crippen LogP contribution in [0.15, 0.2) is 30.5 Å². The van der Waals surface area contributed by atoms with Gasteiger partial charge in [-0.05, 0) is 49.2 Å². The standard InChI is InChI=1S/C17H15N3O3/c1-8-3-12-13(4-9(8)2)20-14(7-19-12)10-5-11(17(22)23)16(18)15(21)6-10/h3-7,21H,18H2,1-2H3,(H,22,23). The first kappa shape index (κ1) is 14.8. The molecule has 0 aliphatic carbocycles. The highest BCUT2D eigenvalue weighted by Crippen LogP contribution is 2.31. The maximum Gasteiger partial charge on any atom is 0.337 e. The molecule has 6 nitrogen and oxygen atoms in total. The lowest BCUT2D eigenvalue weighted by molar-refractivity contribution is 0.0697. The summed E-state index contributed by atoms with van der Waals surface area (Å²) in [4.78, 5) is 20.1. The molecule has 0 saturated heterocycles. The smallest absolute Gasteiger partial charge is 0.337 e. The number of hydrogen-bond donors (Lipinski definition) is 3. The van der Waals surface area contributed by atoms with Crippen molar-refractivity contribution in [3.63, 3.8) is 0 Å². The van der Waals surface area contributed by atoms with Crippen molar-refractivity contribution in [1.29, 1.82) is 0 Å². The number of nitrogens with two attached hydrogens (primary N) is 1. The number of nitrogen functional groups attached to an aromatic ring is 1. The van der Waals surface area contributed by atoms with Crippen molar-refractivity contribution >= 4 is 22.7 Å². The number of carboxylic acids is 1. The van der Waals surface area contributed by atoms with E-state index < -0.39 is 5.97 Å². The van der Waals surface area contributed by atoms with Crippen LogP contribution in [-0.2, 0) is 0 Å². The van der Waals surface area contributed by atoms with Crippen molar-refractivity contribution in [2.45, 2.75) is 13.8 Å². The molecule has 23 heavy (non-hydrogen) atoms. The number of benzene rings is 2. The Kier molecular flexibility index (Phi) is 3.37. The second kappa shape index (κ2) is 5.24. The first-order valence-electron chi connectivity index (χ1n) is 6.97. The van der Waals surface area contributed by atoms with E-state index in [9.17, 15) is 15.0 Å². The van der Waals surface area contributed by atoms with Crippen LogP contribution < -0.4 is 5.73 Å². The Balaban J connectivity index is 2.20. The molecule has 0 radical (unpaired) electrons. The maximum absolute atomic E-state index is 11.2. The number of fused-ring (bicyclic) bond motifs is 1. The Hall–Kier alpha value is -3.15. The van der Waals surface area contributed by atoms with Crippen LogP contribution >= 0.6 is 0 Å². The van der Waals surface area contributed by atoms with Gasteiger partial charge in [-0.1, -0.05) is 0 Å². The SMILES string of the molecule is Cc1cc2ncc(-c3cc(O)c(N)c(C(=O)O)c3)nc2cc1C. The molecular weight excluding hydrogens is 294 g/mol. The van der Waals surface area contributed by atoms with Crippen molar-refractivity contribution in [3.8, 4) is 17.0 Å². The molecule has 0 bridgehead atoms. The second-order valence-corrected chi connectivity index (χ2v) is 5.44. The molecule has 3 aromatic rings. The molecule has 0 aliphatic heterocycles. The van der Waals surface area contributed by atoms with Crippen LogP contribution in [0, 0.1) is 13.8 Å². The fourth-order valence-corrected chi connectivity index (χ4v) is 2.37. The molecule has 6 heteroatoms. The zero-order valence-electron chi connectivity index (χ0n) is 12.7.